The smallest absolute Gasteiger partial charge is 0.275 e. The standard InChI is InChI=1S/C16H14N6O/c1-10-11(2)20-15-13(8-19-22(15)16(10)23)12-7-18-21(9-12)14-5-3-4-6-17-14/h3-9,19H,1-2H3. The number of aromatic nitrogens is 6. The van der Waals surface area contributed by atoms with Crippen molar-refractivity contribution in [3.8, 4) is 16.9 Å². The van der Waals surface area contributed by atoms with Crippen molar-refractivity contribution >= 4 is 5.65 Å². The van der Waals surface area contributed by atoms with E-state index in [1.165, 1.54) is 4.52 Å². The highest BCUT2D eigenvalue weighted by Gasteiger charge is 2.14. The number of aromatic amines is 1. The highest BCUT2D eigenvalue weighted by Crippen LogP contribution is 2.23. The third kappa shape index (κ3) is 2.05. The first-order valence-electron chi connectivity index (χ1n) is 7.19. The van der Waals surface area contributed by atoms with E-state index in [9.17, 15) is 4.79 Å². The molecule has 1 N–H and O–H groups in total. The van der Waals surface area contributed by atoms with Crippen LogP contribution < -0.4 is 5.56 Å². The molecule has 4 rings (SSSR count). The topological polar surface area (TPSA) is 80.9 Å². The molecule has 0 aliphatic carbocycles. The van der Waals surface area contributed by atoms with Gasteiger partial charge in [-0.2, -0.15) is 5.10 Å². The summed E-state index contributed by atoms with van der Waals surface area (Å²) in [6, 6.07) is 5.64. The SMILES string of the molecule is Cc1nc2c(-c3cnn(-c4ccccn4)c3)c[nH]n2c(=O)c1C. The van der Waals surface area contributed by atoms with Crippen molar-refractivity contribution in [1.29, 1.82) is 0 Å². The third-order valence-corrected chi connectivity index (χ3v) is 3.91. The van der Waals surface area contributed by atoms with Crippen LogP contribution in [0.25, 0.3) is 22.6 Å². The Labute approximate surface area is 131 Å². The van der Waals surface area contributed by atoms with Crippen molar-refractivity contribution in [1.82, 2.24) is 29.4 Å². The van der Waals surface area contributed by atoms with Crippen LogP contribution in [0.5, 0.6) is 0 Å². The predicted octanol–water partition coefficient (Wildman–Crippen LogP) is 1.89. The fraction of sp³-hybridized carbons (Fsp3) is 0.125. The summed E-state index contributed by atoms with van der Waals surface area (Å²) in [7, 11) is 0. The summed E-state index contributed by atoms with van der Waals surface area (Å²) in [5.74, 6) is 0.732. The molecule has 0 spiro atoms. The number of pyridine rings is 1. The van der Waals surface area contributed by atoms with Gasteiger partial charge in [-0.1, -0.05) is 6.07 Å². The highest BCUT2D eigenvalue weighted by molar-refractivity contribution is 5.76. The quantitative estimate of drug-likeness (QED) is 0.613. The molecular weight excluding hydrogens is 292 g/mol. The zero-order valence-corrected chi connectivity index (χ0v) is 12.7. The monoisotopic (exact) mass is 306 g/mol. The number of fused-ring (bicyclic) bond motifs is 1. The van der Waals surface area contributed by atoms with Crippen LogP contribution in [-0.4, -0.2) is 29.4 Å². The Balaban J connectivity index is 1.88. The Morgan fingerprint density at radius 2 is 2.09 bits per heavy atom. The van der Waals surface area contributed by atoms with Crippen LogP contribution in [0.1, 0.15) is 11.3 Å². The molecule has 7 nitrogen and oxygen atoms in total. The van der Waals surface area contributed by atoms with Crippen molar-refractivity contribution in [2.45, 2.75) is 13.8 Å². The summed E-state index contributed by atoms with van der Waals surface area (Å²) in [4.78, 5) is 21.1. The second-order valence-corrected chi connectivity index (χ2v) is 5.34. The molecule has 0 unspecified atom stereocenters. The number of hydrogen-bond donors (Lipinski definition) is 1. The molecule has 0 aliphatic rings. The van der Waals surface area contributed by atoms with Gasteiger partial charge in [0.15, 0.2) is 11.5 Å². The number of hydrogen-bond acceptors (Lipinski definition) is 4. The van der Waals surface area contributed by atoms with Crippen LogP contribution in [-0.2, 0) is 0 Å². The molecule has 114 valence electrons. The van der Waals surface area contributed by atoms with Gasteiger partial charge in [0.2, 0.25) is 0 Å². The van der Waals surface area contributed by atoms with Crippen LogP contribution in [0.2, 0.25) is 0 Å². The van der Waals surface area contributed by atoms with Crippen molar-refractivity contribution < 1.29 is 0 Å². The predicted molar refractivity (Wildman–Crippen MR) is 85.6 cm³/mol. The first-order valence-corrected chi connectivity index (χ1v) is 7.19. The Hall–Kier alpha value is -3.22. The Kier molecular flexibility index (Phi) is 2.87. The van der Waals surface area contributed by atoms with Gasteiger partial charge in [0, 0.05) is 41.0 Å². The van der Waals surface area contributed by atoms with E-state index in [1.54, 1.807) is 30.2 Å². The molecule has 0 radical (unpaired) electrons. The van der Waals surface area contributed by atoms with Crippen molar-refractivity contribution in [2.75, 3.05) is 0 Å². The molecule has 4 aromatic rings. The van der Waals surface area contributed by atoms with Gasteiger partial charge in [0.1, 0.15) is 0 Å². The zero-order chi connectivity index (χ0) is 16.0. The molecule has 0 aliphatic heterocycles. The minimum atomic E-state index is -0.0872. The van der Waals surface area contributed by atoms with Gasteiger partial charge in [0.05, 0.1) is 6.20 Å². The normalized spacial score (nSPS) is 11.2. The lowest BCUT2D eigenvalue weighted by Gasteiger charge is -2.01. The van der Waals surface area contributed by atoms with Gasteiger partial charge >= 0.3 is 0 Å². The molecule has 0 bridgehead atoms. The molecule has 0 amide bonds. The zero-order valence-electron chi connectivity index (χ0n) is 12.7. The summed E-state index contributed by atoms with van der Waals surface area (Å²) in [6.07, 6.45) is 7.09. The Morgan fingerprint density at radius 3 is 2.87 bits per heavy atom. The molecule has 4 heterocycles. The number of nitrogens with zero attached hydrogens (tertiary/aromatic N) is 5. The lowest BCUT2D eigenvalue weighted by molar-refractivity contribution is 0.847. The van der Waals surface area contributed by atoms with Gasteiger partial charge in [-0.25, -0.2) is 19.2 Å². The van der Waals surface area contributed by atoms with E-state index in [1.807, 2.05) is 31.3 Å². The molecule has 0 saturated carbocycles. The van der Waals surface area contributed by atoms with Crippen molar-refractivity contribution in [2.24, 2.45) is 0 Å². The van der Waals surface area contributed by atoms with Gasteiger partial charge in [-0.15, -0.1) is 0 Å². The second-order valence-electron chi connectivity index (χ2n) is 5.34. The number of aryl methyl sites for hydroxylation is 1. The molecule has 0 saturated heterocycles. The summed E-state index contributed by atoms with van der Waals surface area (Å²) in [5.41, 5.74) is 3.57. The van der Waals surface area contributed by atoms with Crippen LogP contribution >= 0.6 is 0 Å². The van der Waals surface area contributed by atoms with Gasteiger partial charge < -0.3 is 0 Å². The van der Waals surface area contributed by atoms with E-state index in [0.29, 0.717) is 11.2 Å². The van der Waals surface area contributed by atoms with Crippen LogP contribution in [0.4, 0.5) is 0 Å². The van der Waals surface area contributed by atoms with E-state index >= 15 is 0 Å². The second kappa shape index (κ2) is 4.91. The number of nitrogens with one attached hydrogen (secondary N) is 1. The summed E-state index contributed by atoms with van der Waals surface area (Å²) in [5, 5.41) is 7.30. The first kappa shape index (κ1) is 13.4. The number of rotatable bonds is 2. The average molecular weight is 306 g/mol. The molecule has 23 heavy (non-hydrogen) atoms. The largest absolute Gasteiger partial charge is 0.296 e. The molecular formula is C16H14N6O. The first-order chi connectivity index (χ1) is 11.1. The van der Waals surface area contributed by atoms with E-state index < -0.39 is 0 Å². The maximum atomic E-state index is 12.3. The Bertz CT molecular complexity index is 1060. The molecule has 0 aromatic carbocycles. The molecule has 7 heteroatoms. The lowest BCUT2D eigenvalue weighted by atomic mass is 10.2. The van der Waals surface area contributed by atoms with Crippen LogP contribution in [0.15, 0.2) is 47.8 Å². The molecule has 4 aromatic heterocycles. The number of H-pyrrole nitrogens is 1. The third-order valence-electron chi connectivity index (χ3n) is 3.91. The van der Waals surface area contributed by atoms with E-state index in [2.05, 4.69) is 20.2 Å². The molecule has 0 atom stereocenters. The maximum Gasteiger partial charge on any atom is 0.275 e. The maximum absolute atomic E-state index is 12.3. The minimum Gasteiger partial charge on any atom is -0.296 e. The minimum absolute atomic E-state index is 0.0872. The fourth-order valence-corrected chi connectivity index (χ4v) is 2.49. The van der Waals surface area contributed by atoms with E-state index in [4.69, 9.17) is 0 Å². The van der Waals surface area contributed by atoms with Crippen LogP contribution in [0, 0.1) is 13.8 Å². The highest BCUT2D eigenvalue weighted by atomic mass is 16.1. The van der Waals surface area contributed by atoms with Gasteiger partial charge in [0.25, 0.3) is 5.56 Å². The van der Waals surface area contributed by atoms with Crippen LogP contribution in [0.3, 0.4) is 0 Å². The van der Waals surface area contributed by atoms with Crippen molar-refractivity contribution in [3.63, 3.8) is 0 Å². The van der Waals surface area contributed by atoms with Gasteiger partial charge in [-0.3, -0.25) is 9.89 Å². The van der Waals surface area contributed by atoms with Crippen molar-refractivity contribution in [3.05, 3.63) is 64.6 Å². The summed E-state index contributed by atoms with van der Waals surface area (Å²) in [6.45, 7) is 3.61. The summed E-state index contributed by atoms with van der Waals surface area (Å²) < 4.78 is 3.15. The van der Waals surface area contributed by atoms with E-state index in [0.717, 1.165) is 22.6 Å². The lowest BCUT2D eigenvalue weighted by Crippen LogP contribution is -2.19. The van der Waals surface area contributed by atoms with E-state index in [-0.39, 0.29) is 5.56 Å². The Morgan fingerprint density at radius 1 is 1.22 bits per heavy atom. The summed E-state index contributed by atoms with van der Waals surface area (Å²) >= 11 is 0. The molecule has 0 fully saturated rings. The average Bonchev–Trinajstić information content (AvgIpc) is 3.20. The fourth-order valence-electron chi connectivity index (χ4n) is 2.49. The van der Waals surface area contributed by atoms with Gasteiger partial charge in [-0.05, 0) is 26.0 Å².